The molecular formula is C18H15N3O2. The molecular weight excluding hydrogens is 290 g/mol. The fourth-order valence-corrected chi connectivity index (χ4v) is 2.31. The van der Waals surface area contributed by atoms with Crippen LogP contribution in [0.4, 0.5) is 0 Å². The number of hydrazone groups is 1. The van der Waals surface area contributed by atoms with Crippen molar-refractivity contribution in [3.8, 4) is 5.75 Å². The zero-order valence-electron chi connectivity index (χ0n) is 12.6. The maximum atomic E-state index is 12.0. The summed E-state index contributed by atoms with van der Waals surface area (Å²) in [5.74, 6) is 0.411. The minimum absolute atomic E-state index is 0.289. The van der Waals surface area contributed by atoms with Gasteiger partial charge in [-0.3, -0.25) is 9.78 Å². The van der Waals surface area contributed by atoms with E-state index in [1.54, 1.807) is 37.9 Å². The topological polar surface area (TPSA) is 63.6 Å². The van der Waals surface area contributed by atoms with E-state index in [1.165, 1.54) is 0 Å². The Bertz CT molecular complexity index is 861. The van der Waals surface area contributed by atoms with Crippen LogP contribution in [-0.4, -0.2) is 24.2 Å². The van der Waals surface area contributed by atoms with Gasteiger partial charge in [-0.2, -0.15) is 5.10 Å². The normalized spacial score (nSPS) is 10.8. The van der Waals surface area contributed by atoms with Gasteiger partial charge in [0, 0.05) is 23.5 Å². The largest absolute Gasteiger partial charge is 0.496 e. The predicted molar refractivity (Wildman–Crippen MR) is 89.8 cm³/mol. The molecule has 0 aliphatic rings. The van der Waals surface area contributed by atoms with Crippen molar-refractivity contribution >= 4 is 22.9 Å². The number of methoxy groups -OCH3 is 1. The summed E-state index contributed by atoms with van der Waals surface area (Å²) in [5, 5.41) is 6.14. The Morgan fingerprint density at radius 1 is 1.13 bits per heavy atom. The lowest BCUT2D eigenvalue weighted by atomic mass is 10.0. The molecule has 1 amide bonds. The second-order valence-corrected chi connectivity index (χ2v) is 4.84. The molecule has 1 aromatic heterocycles. The highest BCUT2D eigenvalue weighted by Crippen LogP contribution is 2.26. The molecule has 1 N–H and O–H groups in total. The van der Waals surface area contributed by atoms with Gasteiger partial charge in [0.2, 0.25) is 0 Å². The summed E-state index contributed by atoms with van der Waals surface area (Å²) in [6, 6.07) is 15.1. The van der Waals surface area contributed by atoms with Crippen molar-refractivity contribution in [2.24, 2.45) is 5.10 Å². The van der Waals surface area contributed by atoms with Crippen LogP contribution in [0, 0.1) is 0 Å². The van der Waals surface area contributed by atoms with Gasteiger partial charge in [0.05, 0.1) is 13.3 Å². The number of carbonyl (C=O) groups is 1. The molecule has 114 valence electrons. The number of amides is 1. The molecule has 3 rings (SSSR count). The number of hydrogen-bond donors (Lipinski definition) is 1. The third-order valence-corrected chi connectivity index (χ3v) is 3.45. The average molecular weight is 305 g/mol. The number of fused-ring (bicyclic) bond motifs is 1. The first-order valence-electron chi connectivity index (χ1n) is 7.09. The summed E-state index contributed by atoms with van der Waals surface area (Å²) in [7, 11) is 1.61. The molecule has 0 fully saturated rings. The van der Waals surface area contributed by atoms with Crippen molar-refractivity contribution in [1.82, 2.24) is 10.4 Å². The first kappa shape index (κ1) is 14.7. The molecule has 0 aliphatic carbocycles. The Morgan fingerprint density at radius 3 is 2.70 bits per heavy atom. The fourth-order valence-electron chi connectivity index (χ4n) is 2.31. The third-order valence-electron chi connectivity index (χ3n) is 3.45. The van der Waals surface area contributed by atoms with Gasteiger partial charge in [0.25, 0.3) is 5.91 Å². The lowest BCUT2D eigenvalue weighted by Crippen LogP contribution is -2.17. The molecule has 5 nitrogen and oxygen atoms in total. The molecule has 2 aromatic carbocycles. The maximum Gasteiger partial charge on any atom is 0.271 e. The molecule has 23 heavy (non-hydrogen) atoms. The number of benzene rings is 2. The Hall–Kier alpha value is -3.21. The molecule has 0 atom stereocenters. The van der Waals surface area contributed by atoms with Gasteiger partial charge in [-0.25, -0.2) is 5.43 Å². The zero-order chi connectivity index (χ0) is 16.1. The number of rotatable bonds is 4. The molecule has 3 aromatic rings. The lowest BCUT2D eigenvalue weighted by Gasteiger charge is -2.08. The first-order valence-corrected chi connectivity index (χ1v) is 7.09. The highest BCUT2D eigenvalue weighted by Gasteiger charge is 2.07. The monoisotopic (exact) mass is 305 g/mol. The van der Waals surface area contributed by atoms with E-state index in [4.69, 9.17) is 4.74 Å². The van der Waals surface area contributed by atoms with E-state index in [0.29, 0.717) is 11.3 Å². The van der Waals surface area contributed by atoms with Gasteiger partial charge >= 0.3 is 0 Å². The van der Waals surface area contributed by atoms with Gasteiger partial charge in [-0.1, -0.05) is 30.3 Å². The van der Waals surface area contributed by atoms with Gasteiger partial charge in [-0.15, -0.1) is 0 Å². The maximum absolute atomic E-state index is 12.0. The van der Waals surface area contributed by atoms with Crippen molar-refractivity contribution in [1.29, 1.82) is 0 Å². The molecule has 5 heteroatoms. The number of ether oxygens (including phenoxy) is 1. The Labute approximate surface area is 133 Å². The van der Waals surface area contributed by atoms with Crippen molar-refractivity contribution in [2.75, 3.05) is 7.11 Å². The van der Waals surface area contributed by atoms with Crippen LogP contribution in [0.3, 0.4) is 0 Å². The van der Waals surface area contributed by atoms with E-state index in [1.807, 2.05) is 36.4 Å². The molecule has 0 unspecified atom stereocenters. The van der Waals surface area contributed by atoms with E-state index in [9.17, 15) is 4.79 Å². The van der Waals surface area contributed by atoms with Crippen LogP contribution in [0.25, 0.3) is 10.8 Å². The second kappa shape index (κ2) is 6.70. The summed E-state index contributed by atoms with van der Waals surface area (Å²) < 4.78 is 5.38. The van der Waals surface area contributed by atoms with Crippen LogP contribution in [-0.2, 0) is 0 Å². The Kier molecular flexibility index (Phi) is 4.29. The number of nitrogens with zero attached hydrogens (tertiary/aromatic N) is 2. The number of aromatic nitrogens is 1. The van der Waals surface area contributed by atoms with Crippen LogP contribution in [0.2, 0.25) is 0 Å². The minimum atomic E-state index is -0.289. The summed E-state index contributed by atoms with van der Waals surface area (Å²) >= 11 is 0. The van der Waals surface area contributed by atoms with Crippen molar-refractivity contribution in [2.45, 2.75) is 0 Å². The number of carbonyl (C=O) groups excluding carboxylic acids is 1. The summed E-state index contributed by atoms with van der Waals surface area (Å²) in [5.41, 5.74) is 3.83. The van der Waals surface area contributed by atoms with Crippen molar-refractivity contribution in [3.05, 3.63) is 72.1 Å². The SMILES string of the molecule is COc1ccc2ccccc2c1/C=N\NC(=O)c1ccncc1. The van der Waals surface area contributed by atoms with Crippen molar-refractivity contribution < 1.29 is 9.53 Å². The highest BCUT2D eigenvalue weighted by molar-refractivity contribution is 6.03. The van der Waals surface area contributed by atoms with Crippen LogP contribution in [0.1, 0.15) is 15.9 Å². The van der Waals surface area contributed by atoms with Gasteiger partial charge in [-0.05, 0) is 29.0 Å². The molecule has 1 heterocycles. The molecule has 0 aliphatic heterocycles. The first-order chi connectivity index (χ1) is 11.3. The van der Waals surface area contributed by atoms with E-state index < -0.39 is 0 Å². The minimum Gasteiger partial charge on any atom is -0.496 e. The molecule has 0 spiro atoms. The standard InChI is InChI=1S/C18H15N3O2/c1-23-17-7-6-13-4-2-3-5-15(13)16(17)12-20-21-18(22)14-8-10-19-11-9-14/h2-12H,1H3,(H,21,22)/b20-12-. The molecule has 0 saturated heterocycles. The number of pyridine rings is 1. The van der Waals surface area contributed by atoms with Gasteiger partial charge < -0.3 is 4.74 Å². The van der Waals surface area contributed by atoms with Crippen LogP contribution >= 0.6 is 0 Å². The van der Waals surface area contributed by atoms with Crippen molar-refractivity contribution in [3.63, 3.8) is 0 Å². The van der Waals surface area contributed by atoms with Gasteiger partial charge in [0.1, 0.15) is 5.75 Å². The van der Waals surface area contributed by atoms with E-state index >= 15 is 0 Å². The Morgan fingerprint density at radius 2 is 1.91 bits per heavy atom. The van der Waals surface area contributed by atoms with Crippen LogP contribution in [0.5, 0.6) is 5.75 Å². The average Bonchev–Trinajstić information content (AvgIpc) is 2.62. The second-order valence-electron chi connectivity index (χ2n) is 4.84. The summed E-state index contributed by atoms with van der Waals surface area (Å²) in [6.07, 6.45) is 4.72. The number of nitrogens with one attached hydrogen (secondary N) is 1. The number of hydrogen-bond acceptors (Lipinski definition) is 4. The van der Waals surface area contributed by atoms with Gasteiger partial charge in [0.15, 0.2) is 0 Å². The van der Waals surface area contributed by atoms with Crippen LogP contribution in [0.15, 0.2) is 66.0 Å². The zero-order valence-corrected chi connectivity index (χ0v) is 12.6. The predicted octanol–water partition coefficient (Wildman–Crippen LogP) is 3.01. The van der Waals surface area contributed by atoms with E-state index in [0.717, 1.165) is 16.3 Å². The van der Waals surface area contributed by atoms with E-state index in [2.05, 4.69) is 15.5 Å². The summed E-state index contributed by atoms with van der Waals surface area (Å²) in [6.45, 7) is 0. The molecule has 0 radical (unpaired) electrons. The fraction of sp³-hybridized carbons (Fsp3) is 0.0556. The smallest absolute Gasteiger partial charge is 0.271 e. The highest BCUT2D eigenvalue weighted by atomic mass is 16.5. The summed E-state index contributed by atoms with van der Waals surface area (Å²) in [4.78, 5) is 15.8. The lowest BCUT2D eigenvalue weighted by molar-refractivity contribution is 0.0955. The van der Waals surface area contributed by atoms with E-state index in [-0.39, 0.29) is 5.91 Å². The Balaban J connectivity index is 1.87. The molecule has 0 bridgehead atoms. The quantitative estimate of drug-likeness (QED) is 0.595. The molecule has 0 saturated carbocycles. The third kappa shape index (κ3) is 3.18. The van der Waals surface area contributed by atoms with Crippen LogP contribution < -0.4 is 10.2 Å².